The van der Waals surface area contributed by atoms with E-state index in [1.807, 2.05) is 0 Å². The van der Waals surface area contributed by atoms with Crippen molar-refractivity contribution < 1.29 is 18.3 Å². The molecule has 1 atom stereocenters. The van der Waals surface area contributed by atoms with Gasteiger partial charge < -0.3 is 10.0 Å². The highest BCUT2D eigenvalue weighted by Crippen LogP contribution is 2.34. The second-order valence-corrected chi connectivity index (χ2v) is 9.19. The Balaban J connectivity index is 1.65. The van der Waals surface area contributed by atoms with E-state index in [0.717, 1.165) is 25.5 Å². The third-order valence-electron chi connectivity index (χ3n) is 5.25. The van der Waals surface area contributed by atoms with Crippen LogP contribution in [0.15, 0.2) is 11.1 Å². The Morgan fingerprint density at radius 2 is 2.12 bits per heavy atom. The molecule has 2 heterocycles. The number of nitrogens with zero attached hydrogens (tertiary/aromatic N) is 2. The maximum atomic E-state index is 12.5. The summed E-state index contributed by atoms with van der Waals surface area (Å²) in [5, 5.41) is 17.2. The minimum atomic E-state index is -3.33. The number of aromatic amines is 1. The second kappa shape index (κ2) is 6.48. The van der Waals surface area contributed by atoms with Gasteiger partial charge in [0.15, 0.2) is 9.84 Å². The first-order valence-corrected chi connectivity index (χ1v) is 10.4. The van der Waals surface area contributed by atoms with Gasteiger partial charge in [-0.25, -0.2) is 8.42 Å². The number of H-pyrrole nitrogens is 1. The van der Waals surface area contributed by atoms with Crippen molar-refractivity contribution in [2.75, 3.05) is 19.3 Å². The van der Waals surface area contributed by atoms with E-state index >= 15 is 0 Å². The summed E-state index contributed by atoms with van der Waals surface area (Å²) in [6, 6.07) is 0. The summed E-state index contributed by atoms with van der Waals surface area (Å²) >= 11 is 0. The fraction of sp³-hybridized carbons (Fsp3) is 0.750. The summed E-state index contributed by atoms with van der Waals surface area (Å²) in [6.07, 6.45) is 7.81. The molecule has 2 fully saturated rings. The quantitative estimate of drug-likeness (QED) is 0.845. The topological polar surface area (TPSA) is 103 Å². The summed E-state index contributed by atoms with van der Waals surface area (Å²) in [4.78, 5) is 14.5. The number of nitrogens with one attached hydrogen (secondary N) is 1. The van der Waals surface area contributed by atoms with E-state index < -0.39 is 15.4 Å². The zero-order valence-electron chi connectivity index (χ0n) is 14.0. The van der Waals surface area contributed by atoms with E-state index in [1.165, 1.54) is 6.20 Å². The Labute approximate surface area is 142 Å². The molecule has 0 aromatic carbocycles. The lowest BCUT2D eigenvalue weighted by molar-refractivity contribution is -0.136. The summed E-state index contributed by atoms with van der Waals surface area (Å²) < 4.78 is 23.6. The van der Waals surface area contributed by atoms with Crippen LogP contribution in [0.25, 0.3) is 0 Å². The molecule has 134 valence electrons. The molecule has 0 spiro atoms. The first-order valence-electron chi connectivity index (χ1n) is 8.52. The first-order chi connectivity index (χ1) is 11.3. The fourth-order valence-corrected chi connectivity index (χ4v) is 4.73. The Hall–Kier alpha value is -1.41. The van der Waals surface area contributed by atoms with Crippen LogP contribution in [-0.2, 0) is 14.6 Å². The van der Waals surface area contributed by atoms with Crippen LogP contribution >= 0.6 is 0 Å². The number of carbonyl (C=O) groups excluding carboxylic acids is 1. The molecule has 1 amide bonds. The zero-order valence-corrected chi connectivity index (χ0v) is 14.8. The smallest absolute Gasteiger partial charge is 0.225 e. The van der Waals surface area contributed by atoms with Crippen LogP contribution in [0.1, 0.15) is 56.6 Å². The van der Waals surface area contributed by atoms with Gasteiger partial charge >= 0.3 is 0 Å². The van der Waals surface area contributed by atoms with Crippen LogP contribution in [0.4, 0.5) is 0 Å². The van der Waals surface area contributed by atoms with Gasteiger partial charge in [-0.05, 0) is 19.3 Å². The van der Waals surface area contributed by atoms with Crippen LogP contribution in [0, 0.1) is 0 Å². The lowest BCUT2D eigenvalue weighted by Gasteiger charge is -2.32. The maximum absolute atomic E-state index is 12.5. The molecule has 1 aliphatic carbocycles. The number of carbonyl (C=O) groups is 1. The number of rotatable bonds is 4. The molecule has 1 aromatic heterocycles. The van der Waals surface area contributed by atoms with Crippen molar-refractivity contribution in [3.8, 4) is 0 Å². The molecule has 2 N–H and O–H groups in total. The molecule has 1 aromatic rings. The van der Waals surface area contributed by atoms with Gasteiger partial charge in [0, 0.05) is 25.3 Å². The normalized spacial score (nSPS) is 24.2. The molecule has 0 radical (unpaired) electrons. The Bertz CT molecular complexity index is 707. The predicted molar refractivity (Wildman–Crippen MR) is 88.3 cm³/mol. The predicted octanol–water partition coefficient (Wildman–Crippen LogP) is 1.21. The maximum Gasteiger partial charge on any atom is 0.225 e. The summed E-state index contributed by atoms with van der Waals surface area (Å²) in [7, 11) is -3.33. The van der Waals surface area contributed by atoms with Crippen LogP contribution in [-0.4, -0.2) is 59.5 Å². The lowest BCUT2D eigenvalue weighted by Crippen LogP contribution is -2.39. The molecule has 0 unspecified atom stereocenters. The molecule has 1 saturated heterocycles. The van der Waals surface area contributed by atoms with E-state index in [4.69, 9.17) is 0 Å². The average molecular weight is 355 g/mol. The van der Waals surface area contributed by atoms with E-state index in [1.54, 1.807) is 4.90 Å². The monoisotopic (exact) mass is 355 g/mol. The number of aromatic nitrogens is 2. The van der Waals surface area contributed by atoms with Gasteiger partial charge in [0.2, 0.25) is 5.91 Å². The van der Waals surface area contributed by atoms with Crippen molar-refractivity contribution in [2.45, 2.75) is 61.4 Å². The summed E-state index contributed by atoms with van der Waals surface area (Å²) in [5.41, 5.74) is -0.275. The number of hydrogen-bond donors (Lipinski definition) is 2. The highest BCUT2D eigenvalue weighted by molar-refractivity contribution is 7.90. The fourth-order valence-electron chi connectivity index (χ4n) is 3.88. The minimum Gasteiger partial charge on any atom is -0.389 e. The van der Waals surface area contributed by atoms with E-state index in [0.29, 0.717) is 38.0 Å². The van der Waals surface area contributed by atoms with Crippen LogP contribution in [0.2, 0.25) is 0 Å². The minimum absolute atomic E-state index is 0.0395. The van der Waals surface area contributed by atoms with E-state index in [-0.39, 0.29) is 23.1 Å². The highest BCUT2D eigenvalue weighted by atomic mass is 32.2. The lowest BCUT2D eigenvalue weighted by atomic mass is 9.82. The van der Waals surface area contributed by atoms with Crippen molar-refractivity contribution in [1.29, 1.82) is 0 Å². The summed E-state index contributed by atoms with van der Waals surface area (Å²) in [5.74, 6) is -0.0931. The van der Waals surface area contributed by atoms with E-state index in [9.17, 15) is 18.3 Å². The van der Waals surface area contributed by atoms with Gasteiger partial charge in [-0.3, -0.25) is 9.89 Å². The largest absolute Gasteiger partial charge is 0.389 e. The van der Waals surface area contributed by atoms with E-state index in [2.05, 4.69) is 10.2 Å². The molecular weight excluding hydrogens is 330 g/mol. The summed E-state index contributed by atoms with van der Waals surface area (Å²) in [6.45, 7) is 1.06. The van der Waals surface area contributed by atoms with Crippen molar-refractivity contribution in [2.24, 2.45) is 0 Å². The van der Waals surface area contributed by atoms with Gasteiger partial charge in [0.1, 0.15) is 4.90 Å². The van der Waals surface area contributed by atoms with Crippen LogP contribution < -0.4 is 0 Å². The number of likely N-dealkylation sites (tertiary alicyclic amines) is 1. The molecular formula is C16H25N3O4S. The molecule has 8 heteroatoms. The van der Waals surface area contributed by atoms with Crippen LogP contribution in [0.3, 0.4) is 0 Å². The number of amides is 1. The van der Waals surface area contributed by atoms with Gasteiger partial charge in [-0.2, -0.15) is 5.10 Å². The molecule has 24 heavy (non-hydrogen) atoms. The average Bonchev–Trinajstić information content (AvgIpc) is 3.16. The third kappa shape index (κ3) is 3.64. The molecule has 0 bridgehead atoms. The van der Waals surface area contributed by atoms with Gasteiger partial charge in [-0.15, -0.1) is 0 Å². The zero-order chi connectivity index (χ0) is 17.4. The Kier molecular flexibility index (Phi) is 4.70. The van der Waals surface area contributed by atoms with Crippen molar-refractivity contribution in [3.05, 3.63) is 11.9 Å². The van der Waals surface area contributed by atoms with Crippen molar-refractivity contribution >= 4 is 15.7 Å². The van der Waals surface area contributed by atoms with Crippen molar-refractivity contribution in [3.63, 3.8) is 0 Å². The standard InChI is InChI=1S/C16H25N3O4S/c1-24(22,23)13-10-17-18-15(13)12-5-8-19(11-12)14(20)9-16(21)6-3-2-4-7-16/h10,12,21H,2-9,11H2,1H3,(H,17,18)/t12-/m0/s1. The second-order valence-electron chi connectivity index (χ2n) is 7.21. The van der Waals surface area contributed by atoms with Gasteiger partial charge in [-0.1, -0.05) is 19.3 Å². The molecule has 2 aliphatic rings. The number of sulfone groups is 1. The Morgan fingerprint density at radius 1 is 1.42 bits per heavy atom. The molecule has 1 saturated carbocycles. The highest BCUT2D eigenvalue weighted by Gasteiger charge is 2.37. The number of hydrogen-bond acceptors (Lipinski definition) is 5. The van der Waals surface area contributed by atoms with Gasteiger partial charge in [0.05, 0.1) is 23.9 Å². The van der Waals surface area contributed by atoms with Gasteiger partial charge in [0.25, 0.3) is 0 Å². The molecule has 7 nitrogen and oxygen atoms in total. The van der Waals surface area contributed by atoms with Crippen molar-refractivity contribution in [1.82, 2.24) is 15.1 Å². The molecule has 1 aliphatic heterocycles. The SMILES string of the molecule is CS(=O)(=O)c1cn[nH]c1[C@H]1CCN(C(=O)CC2(O)CCCCC2)C1. The molecule has 3 rings (SSSR count). The first kappa shape index (κ1) is 17.4. The number of aliphatic hydroxyl groups is 1. The Morgan fingerprint density at radius 3 is 2.79 bits per heavy atom. The third-order valence-corrected chi connectivity index (χ3v) is 6.37. The van der Waals surface area contributed by atoms with Crippen LogP contribution in [0.5, 0.6) is 0 Å².